The lowest BCUT2D eigenvalue weighted by Gasteiger charge is -2.34. The van der Waals surface area contributed by atoms with Crippen molar-refractivity contribution in [3.8, 4) is 0 Å². The molecule has 1 aromatic carbocycles. The molecule has 3 N–H and O–H groups in total. The van der Waals surface area contributed by atoms with Gasteiger partial charge in [0, 0.05) is 57.0 Å². The number of H-pyrrole nitrogens is 1. The van der Waals surface area contributed by atoms with Gasteiger partial charge in [0.1, 0.15) is 0 Å². The van der Waals surface area contributed by atoms with Crippen LogP contribution in [0.2, 0.25) is 0 Å². The maximum atomic E-state index is 12.8. The van der Waals surface area contributed by atoms with Gasteiger partial charge in [-0.25, -0.2) is 5.43 Å². The second-order valence-corrected chi connectivity index (χ2v) is 7.09. The second kappa shape index (κ2) is 7.23. The molecule has 1 aliphatic heterocycles. The third-order valence-corrected chi connectivity index (χ3v) is 5.38. The summed E-state index contributed by atoms with van der Waals surface area (Å²) in [6, 6.07) is 6.64. The second-order valence-electron chi connectivity index (χ2n) is 7.09. The number of methoxy groups -OCH3 is 1. The summed E-state index contributed by atoms with van der Waals surface area (Å²) >= 11 is 0. The predicted octanol–water partition coefficient (Wildman–Crippen LogP) is 1.69. The third-order valence-electron chi connectivity index (χ3n) is 5.38. The Balaban J connectivity index is 1.54. The molecule has 2 aromatic rings. The molecule has 26 heavy (non-hydrogen) atoms. The average molecular weight is 354 g/mol. The summed E-state index contributed by atoms with van der Waals surface area (Å²) in [4.78, 5) is 16.2. The van der Waals surface area contributed by atoms with Crippen molar-refractivity contribution < 1.29 is 9.53 Å². The molecule has 1 aromatic heterocycles. The highest BCUT2D eigenvalue weighted by molar-refractivity contribution is 5.99. The fourth-order valence-corrected chi connectivity index (χ4v) is 4.06. The number of aromatic nitrogens is 1. The first-order chi connectivity index (χ1) is 12.7. The molecule has 0 unspecified atom stereocenters. The van der Waals surface area contributed by atoms with Crippen LogP contribution in [-0.2, 0) is 16.0 Å². The van der Waals surface area contributed by atoms with Crippen molar-refractivity contribution in [2.75, 3.05) is 33.9 Å². The van der Waals surface area contributed by atoms with Crippen LogP contribution < -0.4 is 10.7 Å². The van der Waals surface area contributed by atoms with Gasteiger partial charge in [0.05, 0.1) is 5.92 Å². The van der Waals surface area contributed by atoms with Crippen molar-refractivity contribution in [1.82, 2.24) is 20.7 Å². The van der Waals surface area contributed by atoms with Crippen molar-refractivity contribution >= 4 is 22.4 Å². The summed E-state index contributed by atoms with van der Waals surface area (Å²) in [6.45, 7) is 2.09. The molecule has 4 rings (SSSR count). The molecule has 138 valence electrons. The third kappa shape index (κ3) is 3.05. The topological polar surface area (TPSA) is 69.4 Å². The van der Waals surface area contributed by atoms with Crippen LogP contribution in [0.15, 0.2) is 30.5 Å². The smallest absolute Gasteiger partial charge is 0.244 e. The van der Waals surface area contributed by atoms with Crippen molar-refractivity contribution in [1.29, 1.82) is 0 Å². The Hall–Kier alpha value is -2.15. The number of nitrogens with zero attached hydrogens (tertiary/aromatic N) is 1. The number of rotatable bonds is 6. The van der Waals surface area contributed by atoms with Gasteiger partial charge in [-0.05, 0) is 35.6 Å². The van der Waals surface area contributed by atoms with Gasteiger partial charge in [0.15, 0.2) is 0 Å². The van der Waals surface area contributed by atoms with Gasteiger partial charge in [-0.2, -0.15) is 0 Å². The number of carbonyl (C=O) groups is 1. The first kappa shape index (κ1) is 17.3. The molecule has 6 nitrogen and oxygen atoms in total. The van der Waals surface area contributed by atoms with Crippen molar-refractivity contribution in [3.05, 3.63) is 41.6 Å². The lowest BCUT2D eigenvalue weighted by molar-refractivity contribution is -0.135. The molecule has 0 fully saturated rings. The lowest BCUT2D eigenvalue weighted by atomic mass is 9.80. The van der Waals surface area contributed by atoms with Gasteiger partial charge in [0.2, 0.25) is 5.91 Å². The standard InChI is InChI=1S/C20H26N4O2/c1-24(23-7-4-8-26-2)20(25)14-9-16-15-5-3-6-17-19(15)13(11-21-17)10-18(16)22-12-14/h3,5-6,9,11,14,18,21-23H,4,7-8,10,12H2,1-2H3/t14-,18-/m1/s1. The monoisotopic (exact) mass is 354 g/mol. The Morgan fingerprint density at radius 2 is 2.31 bits per heavy atom. The van der Waals surface area contributed by atoms with Gasteiger partial charge in [0.25, 0.3) is 0 Å². The molecular formula is C20H26N4O2. The number of hydrazine groups is 1. The molecule has 2 atom stereocenters. The van der Waals surface area contributed by atoms with Crippen molar-refractivity contribution in [2.24, 2.45) is 5.92 Å². The molecule has 0 saturated carbocycles. The summed E-state index contributed by atoms with van der Waals surface area (Å²) in [5, 5.41) is 6.50. The molecule has 0 spiro atoms. The van der Waals surface area contributed by atoms with E-state index < -0.39 is 0 Å². The predicted molar refractivity (Wildman–Crippen MR) is 103 cm³/mol. The van der Waals surface area contributed by atoms with Crippen LogP contribution in [0.1, 0.15) is 17.5 Å². The number of amides is 1. The van der Waals surface area contributed by atoms with E-state index in [4.69, 9.17) is 4.74 Å². The summed E-state index contributed by atoms with van der Waals surface area (Å²) < 4.78 is 5.04. The highest BCUT2D eigenvalue weighted by atomic mass is 16.5. The SMILES string of the molecule is COCCCNN(C)C(=O)[C@@H]1C=C2c3cccc4[nH]cc(c34)C[C@H]2NC1. The molecular weight excluding hydrogens is 328 g/mol. The number of carbonyl (C=O) groups excluding carboxylic acids is 1. The minimum absolute atomic E-state index is 0.0907. The molecule has 2 aliphatic rings. The van der Waals surface area contributed by atoms with Crippen LogP contribution in [0.5, 0.6) is 0 Å². The maximum Gasteiger partial charge on any atom is 0.244 e. The van der Waals surface area contributed by atoms with Crippen LogP contribution in [0, 0.1) is 5.92 Å². The summed E-state index contributed by atoms with van der Waals surface area (Å²) in [5.74, 6) is -0.0650. The van der Waals surface area contributed by atoms with E-state index >= 15 is 0 Å². The normalized spacial score (nSPS) is 21.4. The van der Waals surface area contributed by atoms with E-state index in [0.717, 1.165) is 19.4 Å². The number of hydrogen-bond donors (Lipinski definition) is 3. The van der Waals surface area contributed by atoms with E-state index in [1.165, 1.54) is 27.6 Å². The zero-order valence-electron chi connectivity index (χ0n) is 15.3. The Kier molecular flexibility index (Phi) is 4.80. The number of ether oxygens (including phenoxy) is 1. The van der Waals surface area contributed by atoms with Crippen LogP contribution in [0.4, 0.5) is 0 Å². The quantitative estimate of drug-likeness (QED) is 0.545. The lowest BCUT2D eigenvalue weighted by Crippen LogP contribution is -2.49. The Labute approximate surface area is 153 Å². The van der Waals surface area contributed by atoms with E-state index in [2.05, 4.69) is 46.2 Å². The minimum Gasteiger partial charge on any atom is -0.385 e. The van der Waals surface area contributed by atoms with Crippen molar-refractivity contribution in [3.63, 3.8) is 0 Å². The fourth-order valence-electron chi connectivity index (χ4n) is 4.06. The molecule has 0 radical (unpaired) electrons. The Morgan fingerprint density at radius 1 is 1.42 bits per heavy atom. The van der Waals surface area contributed by atoms with Gasteiger partial charge in [-0.1, -0.05) is 18.2 Å². The summed E-state index contributed by atoms with van der Waals surface area (Å²) in [6.07, 6.45) is 6.12. The molecule has 2 heterocycles. The summed E-state index contributed by atoms with van der Waals surface area (Å²) in [5.41, 5.74) is 8.18. The average Bonchev–Trinajstić information content (AvgIpc) is 3.08. The fraction of sp³-hybridized carbons (Fsp3) is 0.450. The number of fused-ring (bicyclic) bond motifs is 2. The first-order valence-electron chi connectivity index (χ1n) is 9.23. The highest BCUT2D eigenvalue weighted by Gasteiger charge is 2.33. The van der Waals surface area contributed by atoms with Crippen LogP contribution in [-0.4, -0.2) is 55.8 Å². The minimum atomic E-state index is -0.156. The van der Waals surface area contributed by atoms with Gasteiger partial charge >= 0.3 is 0 Å². The Bertz CT molecular complexity index is 841. The number of aromatic amines is 1. The zero-order valence-corrected chi connectivity index (χ0v) is 15.3. The van der Waals surface area contributed by atoms with E-state index in [9.17, 15) is 4.79 Å². The largest absolute Gasteiger partial charge is 0.385 e. The molecule has 0 bridgehead atoms. The van der Waals surface area contributed by atoms with E-state index in [0.29, 0.717) is 13.2 Å². The van der Waals surface area contributed by atoms with Crippen LogP contribution in [0.3, 0.4) is 0 Å². The van der Waals surface area contributed by atoms with Crippen LogP contribution >= 0.6 is 0 Å². The van der Waals surface area contributed by atoms with Crippen LogP contribution in [0.25, 0.3) is 16.5 Å². The molecule has 1 aliphatic carbocycles. The Morgan fingerprint density at radius 3 is 3.15 bits per heavy atom. The van der Waals surface area contributed by atoms with E-state index in [1.807, 2.05) is 0 Å². The summed E-state index contributed by atoms with van der Waals surface area (Å²) in [7, 11) is 3.48. The maximum absolute atomic E-state index is 12.8. The highest BCUT2D eigenvalue weighted by Crippen LogP contribution is 2.38. The number of hydrogen-bond acceptors (Lipinski definition) is 4. The number of benzene rings is 1. The van der Waals surface area contributed by atoms with Crippen molar-refractivity contribution in [2.45, 2.75) is 18.9 Å². The first-order valence-corrected chi connectivity index (χ1v) is 9.23. The number of nitrogens with one attached hydrogen (secondary N) is 3. The van der Waals surface area contributed by atoms with E-state index in [1.54, 1.807) is 19.2 Å². The molecule has 6 heteroatoms. The van der Waals surface area contributed by atoms with Gasteiger partial charge in [-0.15, -0.1) is 0 Å². The molecule has 0 saturated heterocycles. The van der Waals surface area contributed by atoms with Gasteiger partial charge < -0.3 is 15.0 Å². The van der Waals surface area contributed by atoms with Gasteiger partial charge in [-0.3, -0.25) is 9.80 Å². The van der Waals surface area contributed by atoms with E-state index in [-0.39, 0.29) is 17.9 Å². The molecule has 1 amide bonds. The zero-order chi connectivity index (χ0) is 18.1.